The Balaban J connectivity index is 1.54. The van der Waals surface area contributed by atoms with Gasteiger partial charge in [0.25, 0.3) is 5.91 Å². The van der Waals surface area contributed by atoms with Crippen LogP contribution in [0.5, 0.6) is 0 Å². The highest BCUT2D eigenvalue weighted by molar-refractivity contribution is 9.10. The molecule has 0 atom stereocenters. The molecule has 1 amide bonds. The van der Waals surface area contributed by atoms with Crippen molar-refractivity contribution in [1.29, 1.82) is 0 Å². The number of amides is 1. The quantitative estimate of drug-likeness (QED) is 0.602. The van der Waals surface area contributed by atoms with Gasteiger partial charge in [-0.3, -0.25) is 14.0 Å². The van der Waals surface area contributed by atoms with Crippen LogP contribution in [0.4, 0.5) is 5.69 Å². The molecule has 9 heteroatoms. The molecule has 0 bridgehead atoms. The summed E-state index contributed by atoms with van der Waals surface area (Å²) >= 11 is 3.34. The number of carbonyl (C=O) groups excluding carboxylic acids is 1. The van der Waals surface area contributed by atoms with E-state index in [4.69, 9.17) is 0 Å². The van der Waals surface area contributed by atoms with E-state index in [1.54, 1.807) is 24.3 Å². The Kier molecular flexibility index (Phi) is 7.63. The second-order valence-corrected chi connectivity index (χ2v) is 9.96. The van der Waals surface area contributed by atoms with Crippen molar-refractivity contribution in [3.63, 3.8) is 0 Å². The Morgan fingerprint density at radius 2 is 1.73 bits per heavy atom. The minimum Gasteiger partial charge on any atom is -0.298 e. The molecule has 2 aromatic carbocycles. The molecule has 7 nitrogen and oxygen atoms in total. The van der Waals surface area contributed by atoms with Crippen LogP contribution in [0.1, 0.15) is 18.4 Å². The highest BCUT2D eigenvalue weighted by atomic mass is 79.9. The molecule has 3 rings (SSSR count). The van der Waals surface area contributed by atoms with Crippen molar-refractivity contribution in [2.24, 2.45) is 5.10 Å². The molecule has 1 aliphatic heterocycles. The maximum absolute atomic E-state index is 12.4. The van der Waals surface area contributed by atoms with Crippen molar-refractivity contribution < 1.29 is 13.2 Å². The molecule has 1 saturated heterocycles. The number of carbonyl (C=O) groups is 1. The van der Waals surface area contributed by atoms with E-state index in [1.807, 2.05) is 18.2 Å². The van der Waals surface area contributed by atoms with Crippen LogP contribution in [0.15, 0.2) is 64.2 Å². The average molecular weight is 493 g/mol. The Hall–Kier alpha value is -2.23. The van der Waals surface area contributed by atoms with Gasteiger partial charge in [-0.2, -0.15) is 5.10 Å². The third-order valence-corrected chi connectivity index (χ3v) is 6.63. The Morgan fingerprint density at radius 1 is 1.10 bits per heavy atom. The molecule has 0 unspecified atom stereocenters. The molecule has 2 aromatic rings. The summed E-state index contributed by atoms with van der Waals surface area (Å²) in [5.74, 6) is -0.476. The molecule has 0 aromatic heterocycles. The number of anilines is 1. The largest absolute Gasteiger partial charge is 0.298 e. The number of benzene rings is 2. The van der Waals surface area contributed by atoms with Crippen molar-refractivity contribution >= 4 is 43.3 Å². The van der Waals surface area contributed by atoms with Gasteiger partial charge in [0.15, 0.2) is 0 Å². The van der Waals surface area contributed by atoms with Gasteiger partial charge in [-0.15, -0.1) is 0 Å². The fraction of sp³-hybridized carbons (Fsp3) is 0.333. The molecule has 1 aliphatic rings. The number of halogens is 1. The molecular formula is C21H25BrN4O3S. The van der Waals surface area contributed by atoms with Crippen LogP contribution in [-0.2, 0) is 21.4 Å². The van der Waals surface area contributed by atoms with Crippen molar-refractivity contribution in [2.45, 2.75) is 19.4 Å². The van der Waals surface area contributed by atoms with Gasteiger partial charge < -0.3 is 0 Å². The molecule has 0 spiro atoms. The van der Waals surface area contributed by atoms with Crippen LogP contribution in [0.3, 0.4) is 0 Å². The van der Waals surface area contributed by atoms with Gasteiger partial charge in [0, 0.05) is 42.7 Å². The highest BCUT2D eigenvalue weighted by Gasteiger charge is 2.23. The molecule has 30 heavy (non-hydrogen) atoms. The van der Waals surface area contributed by atoms with E-state index in [0.29, 0.717) is 10.2 Å². The summed E-state index contributed by atoms with van der Waals surface area (Å²) in [6, 6.07) is 17.2. The first-order valence-corrected chi connectivity index (χ1v) is 12.3. The SMILES string of the molecule is CS(=O)(=O)N(CC(=O)NN=C1CCN(Cc2ccccc2)CC1)c1ccccc1Br. The third kappa shape index (κ3) is 6.38. The summed E-state index contributed by atoms with van der Waals surface area (Å²) < 4.78 is 26.1. The molecule has 1 fully saturated rings. The van der Waals surface area contributed by atoms with E-state index in [-0.39, 0.29) is 6.54 Å². The Bertz CT molecular complexity index is 1000. The predicted molar refractivity (Wildman–Crippen MR) is 123 cm³/mol. The first-order valence-electron chi connectivity index (χ1n) is 9.66. The lowest BCUT2D eigenvalue weighted by Gasteiger charge is -2.27. The van der Waals surface area contributed by atoms with Gasteiger partial charge in [-0.1, -0.05) is 42.5 Å². The summed E-state index contributed by atoms with van der Waals surface area (Å²) in [6.07, 6.45) is 2.62. The summed E-state index contributed by atoms with van der Waals surface area (Å²) in [4.78, 5) is 14.7. The Morgan fingerprint density at radius 3 is 2.37 bits per heavy atom. The van der Waals surface area contributed by atoms with Gasteiger partial charge in [0.05, 0.1) is 11.9 Å². The number of likely N-dealkylation sites (tertiary alicyclic amines) is 1. The van der Waals surface area contributed by atoms with Crippen molar-refractivity contribution in [1.82, 2.24) is 10.3 Å². The van der Waals surface area contributed by atoms with Crippen molar-refractivity contribution in [2.75, 3.05) is 30.2 Å². The van der Waals surface area contributed by atoms with Crippen LogP contribution in [-0.4, -0.2) is 50.8 Å². The fourth-order valence-electron chi connectivity index (χ4n) is 3.26. The maximum Gasteiger partial charge on any atom is 0.260 e. The molecule has 160 valence electrons. The van der Waals surface area contributed by atoms with Gasteiger partial charge in [0.2, 0.25) is 10.0 Å². The highest BCUT2D eigenvalue weighted by Crippen LogP contribution is 2.27. The lowest BCUT2D eigenvalue weighted by molar-refractivity contribution is -0.119. The number of para-hydroxylation sites is 1. The summed E-state index contributed by atoms with van der Waals surface area (Å²) in [5, 5.41) is 4.23. The molecular weight excluding hydrogens is 468 g/mol. The van der Waals surface area contributed by atoms with Crippen molar-refractivity contribution in [3.05, 3.63) is 64.6 Å². The van der Waals surface area contributed by atoms with Gasteiger partial charge in [-0.25, -0.2) is 13.8 Å². The smallest absolute Gasteiger partial charge is 0.260 e. The second-order valence-electron chi connectivity index (χ2n) is 7.20. The molecule has 1 N–H and O–H groups in total. The topological polar surface area (TPSA) is 82.1 Å². The standard InChI is InChI=1S/C21H25BrN4O3S/c1-30(28,29)26(20-10-6-5-9-19(20)22)16-21(27)24-23-18-11-13-25(14-12-18)15-17-7-3-2-4-8-17/h2-10H,11-16H2,1H3,(H,24,27). The first kappa shape index (κ1) is 22.5. The zero-order valence-electron chi connectivity index (χ0n) is 16.8. The van der Waals surface area contributed by atoms with Gasteiger partial charge in [-0.05, 0) is 33.6 Å². The van der Waals surface area contributed by atoms with E-state index in [0.717, 1.165) is 48.7 Å². The number of rotatable bonds is 7. The van der Waals surface area contributed by atoms with Crippen LogP contribution in [0.2, 0.25) is 0 Å². The number of hydrogen-bond donors (Lipinski definition) is 1. The second kappa shape index (κ2) is 10.2. The number of piperidine rings is 1. The van der Waals surface area contributed by atoms with Crippen LogP contribution in [0.25, 0.3) is 0 Å². The van der Waals surface area contributed by atoms with E-state index in [1.165, 1.54) is 5.56 Å². The zero-order valence-corrected chi connectivity index (χ0v) is 19.2. The lowest BCUT2D eigenvalue weighted by atomic mass is 10.1. The average Bonchev–Trinajstić information content (AvgIpc) is 2.72. The van der Waals surface area contributed by atoms with Gasteiger partial charge >= 0.3 is 0 Å². The number of sulfonamides is 1. The van der Waals surface area contributed by atoms with E-state index in [9.17, 15) is 13.2 Å². The molecule has 1 heterocycles. The van der Waals surface area contributed by atoms with Gasteiger partial charge in [0.1, 0.15) is 6.54 Å². The third-order valence-electron chi connectivity index (χ3n) is 4.83. The molecule has 0 radical (unpaired) electrons. The number of hydrogen-bond acceptors (Lipinski definition) is 5. The summed E-state index contributed by atoms with van der Waals surface area (Å²) in [6.45, 7) is 2.31. The zero-order chi connectivity index (χ0) is 21.6. The lowest BCUT2D eigenvalue weighted by Crippen LogP contribution is -2.40. The number of hydrazone groups is 1. The Labute approximate surface area is 185 Å². The minimum atomic E-state index is -3.63. The van der Waals surface area contributed by atoms with Crippen LogP contribution >= 0.6 is 15.9 Å². The molecule has 0 aliphatic carbocycles. The monoisotopic (exact) mass is 492 g/mol. The normalized spacial score (nSPS) is 14.9. The molecule has 0 saturated carbocycles. The maximum atomic E-state index is 12.4. The minimum absolute atomic E-state index is 0.335. The van der Waals surface area contributed by atoms with E-state index >= 15 is 0 Å². The first-order chi connectivity index (χ1) is 14.3. The summed E-state index contributed by atoms with van der Waals surface area (Å²) in [5.41, 5.74) is 5.12. The van der Waals surface area contributed by atoms with E-state index in [2.05, 4.69) is 43.5 Å². The summed E-state index contributed by atoms with van der Waals surface area (Å²) in [7, 11) is -3.63. The van der Waals surface area contributed by atoms with Crippen LogP contribution < -0.4 is 9.73 Å². The van der Waals surface area contributed by atoms with Crippen LogP contribution in [0, 0.1) is 0 Å². The number of nitrogens with one attached hydrogen (secondary N) is 1. The predicted octanol–water partition coefficient (Wildman–Crippen LogP) is 2.98. The number of nitrogens with zero attached hydrogens (tertiary/aromatic N) is 3. The van der Waals surface area contributed by atoms with Crippen molar-refractivity contribution in [3.8, 4) is 0 Å². The van der Waals surface area contributed by atoms with E-state index < -0.39 is 15.9 Å². The fourth-order valence-corrected chi connectivity index (χ4v) is 4.75.